The summed E-state index contributed by atoms with van der Waals surface area (Å²) in [5, 5.41) is 1.40. The minimum atomic E-state index is 0.435. The fourth-order valence-electron chi connectivity index (χ4n) is 1.43. The van der Waals surface area contributed by atoms with Gasteiger partial charge in [0.15, 0.2) is 0 Å². The highest BCUT2D eigenvalue weighted by atomic mass is 79.9. The number of hydrogen-bond donors (Lipinski definition) is 0. The average molecular weight is 391 g/mol. The van der Waals surface area contributed by atoms with Gasteiger partial charge >= 0.3 is 0 Å². The SMILES string of the molecule is Clc1cnccc1COc1ccc(Br)c(CBr)c1. The van der Waals surface area contributed by atoms with Crippen LogP contribution in [-0.4, -0.2) is 4.98 Å². The number of benzene rings is 1. The van der Waals surface area contributed by atoms with Gasteiger partial charge in [-0.15, -0.1) is 0 Å². The van der Waals surface area contributed by atoms with Crippen LogP contribution in [0, 0.1) is 0 Å². The van der Waals surface area contributed by atoms with E-state index in [0.29, 0.717) is 11.6 Å². The Hall–Kier alpha value is -0.580. The minimum Gasteiger partial charge on any atom is -0.489 e. The maximum atomic E-state index is 6.02. The van der Waals surface area contributed by atoms with E-state index in [4.69, 9.17) is 16.3 Å². The van der Waals surface area contributed by atoms with Crippen LogP contribution in [0.2, 0.25) is 5.02 Å². The van der Waals surface area contributed by atoms with Crippen molar-refractivity contribution < 1.29 is 4.74 Å². The molecule has 0 atom stereocenters. The molecule has 5 heteroatoms. The third-order valence-corrected chi connectivity index (χ3v) is 4.13. The lowest BCUT2D eigenvalue weighted by atomic mass is 10.2. The monoisotopic (exact) mass is 389 g/mol. The Balaban J connectivity index is 2.09. The highest BCUT2D eigenvalue weighted by Crippen LogP contribution is 2.25. The number of nitrogens with zero attached hydrogens (tertiary/aromatic N) is 1. The molecule has 0 N–H and O–H groups in total. The van der Waals surface area contributed by atoms with Crippen LogP contribution in [0.1, 0.15) is 11.1 Å². The number of hydrogen-bond acceptors (Lipinski definition) is 2. The molecule has 0 aliphatic heterocycles. The first-order chi connectivity index (χ1) is 8.70. The van der Waals surface area contributed by atoms with E-state index < -0.39 is 0 Å². The van der Waals surface area contributed by atoms with Crippen LogP contribution in [0.25, 0.3) is 0 Å². The summed E-state index contributed by atoms with van der Waals surface area (Å²) in [6.07, 6.45) is 3.32. The number of rotatable bonds is 4. The summed E-state index contributed by atoms with van der Waals surface area (Å²) in [5.74, 6) is 0.820. The minimum absolute atomic E-state index is 0.435. The predicted octanol–water partition coefficient (Wildman–Crippen LogP) is 4.97. The van der Waals surface area contributed by atoms with Crippen LogP contribution in [0.4, 0.5) is 0 Å². The summed E-state index contributed by atoms with van der Waals surface area (Å²) >= 11 is 12.9. The maximum Gasteiger partial charge on any atom is 0.120 e. The molecule has 0 aliphatic rings. The average Bonchev–Trinajstić information content (AvgIpc) is 2.39. The third kappa shape index (κ3) is 3.46. The molecule has 1 heterocycles. The Morgan fingerprint density at radius 1 is 1.22 bits per heavy atom. The van der Waals surface area contributed by atoms with Gasteiger partial charge in [0.1, 0.15) is 12.4 Å². The Morgan fingerprint density at radius 2 is 2.06 bits per heavy atom. The number of ether oxygens (including phenoxy) is 1. The second-order valence-electron chi connectivity index (χ2n) is 3.64. The summed E-state index contributed by atoms with van der Waals surface area (Å²) in [4.78, 5) is 3.94. The molecule has 1 aromatic heterocycles. The fourth-order valence-corrected chi connectivity index (χ4v) is 2.83. The largest absolute Gasteiger partial charge is 0.489 e. The quantitative estimate of drug-likeness (QED) is 0.687. The van der Waals surface area contributed by atoms with Gasteiger partial charge in [-0.3, -0.25) is 4.98 Å². The van der Waals surface area contributed by atoms with E-state index >= 15 is 0 Å². The molecule has 0 bridgehead atoms. The molecule has 0 unspecified atom stereocenters. The van der Waals surface area contributed by atoms with Crippen LogP contribution in [0.5, 0.6) is 5.75 Å². The van der Waals surface area contributed by atoms with Gasteiger partial charge in [-0.1, -0.05) is 43.5 Å². The first kappa shape index (κ1) is 13.8. The molecule has 0 saturated heterocycles. The first-order valence-corrected chi connectivity index (χ1v) is 7.55. The molecule has 0 saturated carbocycles. The van der Waals surface area contributed by atoms with Crippen molar-refractivity contribution in [2.24, 2.45) is 0 Å². The van der Waals surface area contributed by atoms with Gasteiger partial charge in [0.05, 0.1) is 5.02 Å². The molecule has 0 fully saturated rings. The van der Waals surface area contributed by atoms with Crippen molar-refractivity contribution in [2.45, 2.75) is 11.9 Å². The summed E-state index contributed by atoms with van der Waals surface area (Å²) < 4.78 is 6.78. The van der Waals surface area contributed by atoms with E-state index in [1.165, 1.54) is 0 Å². The molecule has 0 amide bonds. The zero-order valence-electron chi connectivity index (χ0n) is 9.37. The van der Waals surface area contributed by atoms with E-state index in [9.17, 15) is 0 Å². The van der Waals surface area contributed by atoms with Crippen molar-refractivity contribution >= 4 is 43.5 Å². The van der Waals surface area contributed by atoms with Gasteiger partial charge in [-0.2, -0.15) is 0 Å². The van der Waals surface area contributed by atoms with Gasteiger partial charge in [0.2, 0.25) is 0 Å². The predicted molar refractivity (Wildman–Crippen MR) is 80.4 cm³/mol. The number of halogens is 3. The van der Waals surface area contributed by atoms with Gasteiger partial charge in [-0.05, 0) is 29.8 Å². The van der Waals surface area contributed by atoms with Gasteiger partial charge in [0.25, 0.3) is 0 Å². The third-order valence-electron chi connectivity index (χ3n) is 2.41. The second-order valence-corrected chi connectivity index (χ2v) is 5.46. The summed E-state index contributed by atoms with van der Waals surface area (Å²) in [7, 11) is 0. The Morgan fingerprint density at radius 3 is 2.78 bits per heavy atom. The molecular formula is C13H10Br2ClNO. The van der Waals surface area contributed by atoms with Crippen molar-refractivity contribution in [1.29, 1.82) is 0 Å². The number of alkyl halides is 1. The normalized spacial score (nSPS) is 10.4. The molecule has 18 heavy (non-hydrogen) atoms. The summed E-state index contributed by atoms with van der Waals surface area (Å²) in [6, 6.07) is 7.74. The van der Waals surface area contributed by atoms with E-state index in [-0.39, 0.29) is 0 Å². The molecule has 2 nitrogen and oxygen atoms in total. The molecule has 2 aromatic rings. The number of pyridine rings is 1. The lowest BCUT2D eigenvalue weighted by Gasteiger charge is -2.09. The first-order valence-electron chi connectivity index (χ1n) is 5.26. The zero-order valence-corrected chi connectivity index (χ0v) is 13.3. The highest BCUT2D eigenvalue weighted by Gasteiger charge is 2.04. The van der Waals surface area contributed by atoms with E-state index in [2.05, 4.69) is 36.8 Å². The van der Waals surface area contributed by atoms with Crippen molar-refractivity contribution in [3.8, 4) is 5.75 Å². The smallest absolute Gasteiger partial charge is 0.120 e. The van der Waals surface area contributed by atoms with Crippen LogP contribution >= 0.6 is 43.5 Å². The molecule has 0 aliphatic carbocycles. The fraction of sp³-hybridized carbons (Fsp3) is 0.154. The number of aromatic nitrogens is 1. The molecule has 94 valence electrons. The highest BCUT2D eigenvalue weighted by molar-refractivity contribution is 9.10. The van der Waals surface area contributed by atoms with Gasteiger partial charge < -0.3 is 4.74 Å². The topological polar surface area (TPSA) is 22.1 Å². The lowest BCUT2D eigenvalue weighted by Crippen LogP contribution is -1.97. The maximum absolute atomic E-state index is 6.02. The van der Waals surface area contributed by atoms with Gasteiger partial charge in [-0.25, -0.2) is 0 Å². The summed E-state index contributed by atoms with van der Waals surface area (Å²) in [6.45, 7) is 0.435. The van der Waals surface area contributed by atoms with Crippen molar-refractivity contribution in [3.05, 3.63) is 57.3 Å². The molecular weight excluding hydrogens is 381 g/mol. The van der Waals surface area contributed by atoms with E-state index in [1.807, 2.05) is 24.3 Å². The van der Waals surface area contributed by atoms with Crippen molar-refractivity contribution in [2.75, 3.05) is 0 Å². The van der Waals surface area contributed by atoms with Crippen LogP contribution < -0.4 is 4.74 Å². The summed E-state index contributed by atoms with van der Waals surface area (Å²) in [5.41, 5.74) is 2.07. The Bertz CT molecular complexity index is 548. The standard InChI is InChI=1S/C13H10Br2ClNO/c14-6-10-5-11(1-2-12(10)15)18-8-9-3-4-17-7-13(9)16/h1-5,7H,6,8H2. The van der Waals surface area contributed by atoms with Crippen LogP contribution in [-0.2, 0) is 11.9 Å². The zero-order chi connectivity index (χ0) is 13.0. The second kappa shape index (κ2) is 6.55. The molecule has 0 radical (unpaired) electrons. The van der Waals surface area contributed by atoms with Crippen molar-refractivity contribution in [3.63, 3.8) is 0 Å². The Kier molecular flexibility index (Phi) is 5.03. The lowest BCUT2D eigenvalue weighted by molar-refractivity contribution is 0.306. The van der Waals surface area contributed by atoms with E-state index in [1.54, 1.807) is 12.4 Å². The Labute approximate surface area is 128 Å². The van der Waals surface area contributed by atoms with Crippen molar-refractivity contribution in [1.82, 2.24) is 4.98 Å². The molecule has 0 spiro atoms. The molecule has 1 aromatic carbocycles. The van der Waals surface area contributed by atoms with Gasteiger partial charge in [0, 0.05) is 27.8 Å². The van der Waals surface area contributed by atoms with Crippen LogP contribution in [0.15, 0.2) is 41.1 Å². The van der Waals surface area contributed by atoms with E-state index in [0.717, 1.165) is 26.7 Å². The molecule has 2 rings (SSSR count). The van der Waals surface area contributed by atoms with Crippen LogP contribution in [0.3, 0.4) is 0 Å².